The smallest absolute Gasteiger partial charge is 0.244 e. The Morgan fingerprint density at radius 1 is 1.08 bits per heavy atom. The van der Waals surface area contributed by atoms with Gasteiger partial charge in [-0.05, 0) is 25.0 Å². The van der Waals surface area contributed by atoms with Crippen LogP contribution in [-0.4, -0.2) is 36.0 Å². The SMILES string of the molecule is O=C(CN1C(=O)[C@H]2CC=CC[C@H]2C1=O)Nc1ccc2c(c1)OCO2. The maximum atomic E-state index is 12.3. The lowest BCUT2D eigenvalue weighted by atomic mass is 9.85. The zero-order valence-electron chi connectivity index (χ0n) is 12.9. The molecule has 1 N–H and O–H groups in total. The lowest BCUT2D eigenvalue weighted by Crippen LogP contribution is -2.38. The van der Waals surface area contributed by atoms with E-state index in [9.17, 15) is 14.4 Å². The van der Waals surface area contributed by atoms with Crippen molar-refractivity contribution in [3.8, 4) is 11.5 Å². The van der Waals surface area contributed by atoms with Crippen LogP contribution in [0.3, 0.4) is 0 Å². The molecule has 3 amide bonds. The van der Waals surface area contributed by atoms with Gasteiger partial charge in [-0.3, -0.25) is 19.3 Å². The molecule has 1 aliphatic carbocycles. The Balaban J connectivity index is 1.43. The number of allylic oxidation sites excluding steroid dienone is 2. The molecule has 0 unspecified atom stereocenters. The number of nitrogens with one attached hydrogen (secondary N) is 1. The third-order valence-corrected chi connectivity index (χ3v) is 4.56. The van der Waals surface area contributed by atoms with Crippen LogP contribution in [0.5, 0.6) is 11.5 Å². The number of fused-ring (bicyclic) bond motifs is 2. The van der Waals surface area contributed by atoms with E-state index >= 15 is 0 Å². The largest absolute Gasteiger partial charge is 0.454 e. The predicted molar refractivity (Wildman–Crippen MR) is 83.3 cm³/mol. The number of carbonyl (C=O) groups excluding carboxylic acids is 3. The van der Waals surface area contributed by atoms with Gasteiger partial charge in [0.1, 0.15) is 6.54 Å². The van der Waals surface area contributed by atoms with Gasteiger partial charge in [0.25, 0.3) is 0 Å². The molecular weight excluding hydrogens is 312 g/mol. The number of anilines is 1. The Kier molecular flexibility index (Phi) is 3.48. The Morgan fingerprint density at radius 3 is 2.46 bits per heavy atom. The Bertz CT molecular complexity index is 731. The summed E-state index contributed by atoms with van der Waals surface area (Å²) in [4.78, 5) is 38.0. The van der Waals surface area contributed by atoms with E-state index < -0.39 is 5.91 Å². The minimum absolute atomic E-state index is 0.153. The summed E-state index contributed by atoms with van der Waals surface area (Å²) in [6.45, 7) is -0.112. The third kappa shape index (κ3) is 2.42. The highest BCUT2D eigenvalue weighted by Gasteiger charge is 2.47. The molecule has 0 bridgehead atoms. The first-order chi connectivity index (χ1) is 11.6. The number of rotatable bonds is 3. The molecule has 24 heavy (non-hydrogen) atoms. The van der Waals surface area contributed by atoms with Gasteiger partial charge in [-0.15, -0.1) is 0 Å². The van der Waals surface area contributed by atoms with Crippen LogP contribution < -0.4 is 14.8 Å². The van der Waals surface area contributed by atoms with Gasteiger partial charge in [0.05, 0.1) is 11.8 Å². The summed E-state index contributed by atoms with van der Waals surface area (Å²) < 4.78 is 10.5. The van der Waals surface area contributed by atoms with Crippen molar-refractivity contribution in [3.63, 3.8) is 0 Å². The summed E-state index contributed by atoms with van der Waals surface area (Å²) in [6, 6.07) is 5.03. The monoisotopic (exact) mass is 328 g/mol. The van der Waals surface area contributed by atoms with Crippen LogP contribution in [0.2, 0.25) is 0 Å². The highest BCUT2D eigenvalue weighted by Crippen LogP contribution is 2.36. The van der Waals surface area contributed by atoms with Crippen molar-refractivity contribution in [1.82, 2.24) is 4.90 Å². The first-order valence-electron chi connectivity index (χ1n) is 7.83. The van der Waals surface area contributed by atoms with Gasteiger partial charge in [0.15, 0.2) is 11.5 Å². The molecule has 2 aliphatic heterocycles. The summed E-state index contributed by atoms with van der Waals surface area (Å²) in [5, 5.41) is 2.68. The van der Waals surface area contributed by atoms with Crippen molar-refractivity contribution in [2.24, 2.45) is 11.8 Å². The van der Waals surface area contributed by atoms with E-state index in [4.69, 9.17) is 9.47 Å². The maximum absolute atomic E-state index is 12.3. The van der Waals surface area contributed by atoms with E-state index in [0.29, 0.717) is 30.0 Å². The van der Waals surface area contributed by atoms with E-state index in [1.807, 2.05) is 12.2 Å². The molecule has 7 nitrogen and oxygen atoms in total. The number of likely N-dealkylation sites (tertiary alicyclic amines) is 1. The minimum Gasteiger partial charge on any atom is -0.454 e. The van der Waals surface area contributed by atoms with Gasteiger partial charge in [0, 0.05) is 11.8 Å². The number of imide groups is 1. The summed E-state index contributed by atoms with van der Waals surface area (Å²) in [5.41, 5.74) is 0.530. The number of amides is 3. The summed E-state index contributed by atoms with van der Waals surface area (Å²) >= 11 is 0. The van der Waals surface area contributed by atoms with Gasteiger partial charge < -0.3 is 14.8 Å². The standard InChI is InChI=1S/C17H16N2O5/c20-15(18-10-5-6-13-14(7-10)24-9-23-13)8-19-16(21)11-3-1-2-4-12(11)17(19)22/h1-2,5-7,11-12H,3-4,8-9H2,(H,18,20)/t11-,12+. The molecule has 7 heteroatoms. The van der Waals surface area contributed by atoms with Crippen molar-refractivity contribution in [2.45, 2.75) is 12.8 Å². The molecule has 1 saturated heterocycles. The first kappa shape index (κ1) is 14.7. The fourth-order valence-electron chi connectivity index (χ4n) is 3.34. The first-order valence-corrected chi connectivity index (χ1v) is 7.83. The van der Waals surface area contributed by atoms with Gasteiger partial charge in [0.2, 0.25) is 24.5 Å². The molecular formula is C17H16N2O5. The molecule has 2 heterocycles. The quantitative estimate of drug-likeness (QED) is 0.668. The number of carbonyl (C=O) groups is 3. The molecule has 1 aromatic rings. The normalized spacial score (nSPS) is 24.2. The molecule has 0 aromatic heterocycles. The lowest BCUT2D eigenvalue weighted by molar-refractivity contribution is -0.142. The lowest BCUT2D eigenvalue weighted by Gasteiger charge is -2.14. The average Bonchev–Trinajstić information content (AvgIpc) is 3.14. The molecule has 0 saturated carbocycles. The van der Waals surface area contributed by atoms with E-state index in [1.54, 1.807) is 18.2 Å². The topological polar surface area (TPSA) is 84.9 Å². The maximum Gasteiger partial charge on any atom is 0.244 e. The highest BCUT2D eigenvalue weighted by molar-refractivity contribution is 6.08. The van der Waals surface area contributed by atoms with E-state index in [0.717, 1.165) is 4.90 Å². The molecule has 0 radical (unpaired) electrons. The third-order valence-electron chi connectivity index (χ3n) is 4.56. The molecule has 2 atom stereocenters. The van der Waals surface area contributed by atoms with E-state index in [2.05, 4.69) is 5.32 Å². The van der Waals surface area contributed by atoms with Crippen LogP contribution in [0.4, 0.5) is 5.69 Å². The van der Waals surface area contributed by atoms with Crippen molar-refractivity contribution in [1.29, 1.82) is 0 Å². The number of hydrogen-bond donors (Lipinski definition) is 1. The van der Waals surface area contributed by atoms with Crippen molar-refractivity contribution < 1.29 is 23.9 Å². The molecule has 0 spiro atoms. The molecule has 1 fully saturated rings. The second kappa shape index (κ2) is 5.67. The molecule has 4 rings (SSSR count). The Labute approximate surface area is 138 Å². The summed E-state index contributed by atoms with van der Waals surface area (Å²) in [5.74, 6) is -0.387. The number of hydrogen-bond acceptors (Lipinski definition) is 5. The second-order valence-corrected chi connectivity index (χ2v) is 6.03. The van der Waals surface area contributed by atoms with Crippen LogP contribution in [0.15, 0.2) is 30.4 Å². The van der Waals surface area contributed by atoms with E-state index in [-0.39, 0.29) is 37.0 Å². The van der Waals surface area contributed by atoms with Gasteiger partial charge in [-0.1, -0.05) is 12.2 Å². The number of ether oxygens (including phenoxy) is 2. The van der Waals surface area contributed by atoms with Crippen LogP contribution >= 0.6 is 0 Å². The highest BCUT2D eigenvalue weighted by atomic mass is 16.7. The minimum atomic E-state index is -0.415. The van der Waals surface area contributed by atoms with Gasteiger partial charge in [-0.2, -0.15) is 0 Å². The fourth-order valence-corrected chi connectivity index (χ4v) is 3.34. The Hall–Kier alpha value is -2.83. The Morgan fingerprint density at radius 2 is 1.75 bits per heavy atom. The van der Waals surface area contributed by atoms with Crippen LogP contribution in [0.25, 0.3) is 0 Å². The van der Waals surface area contributed by atoms with Gasteiger partial charge >= 0.3 is 0 Å². The zero-order valence-corrected chi connectivity index (χ0v) is 12.9. The number of nitrogens with zero attached hydrogens (tertiary/aromatic N) is 1. The molecule has 124 valence electrons. The van der Waals surface area contributed by atoms with Crippen LogP contribution in [0.1, 0.15) is 12.8 Å². The van der Waals surface area contributed by atoms with Crippen molar-refractivity contribution >= 4 is 23.4 Å². The van der Waals surface area contributed by atoms with Crippen LogP contribution in [0, 0.1) is 11.8 Å². The average molecular weight is 328 g/mol. The van der Waals surface area contributed by atoms with Crippen molar-refractivity contribution in [3.05, 3.63) is 30.4 Å². The zero-order chi connectivity index (χ0) is 16.7. The fraction of sp³-hybridized carbons (Fsp3) is 0.353. The number of benzene rings is 1. The second-order valence-electron chi connectivity index (χ2n) is 6.03. The predicted octanol–water partition coefficient (Wildman–Crippen LogP) is 1.30. The molecule has 3 aliphatic rings. The van der Waals surface area contributed by atoms with Crippen molar-refractivity contribution in [2.75, 3.05) is 18.7 Å². The summed E-state index contributed by atoms with van der Waals surface area (Å²) in [7, 11) is 0. The molecule has 1 aromatic carbocycles. The van der Waals surface area contributed by atoms with Gasteiger partial charge in [-0.25, -0.2) is 0 Å². The van der Waals surface area contributed by atoms with Crippen LogP contribution in [-0.2, 0) is 14.4 Å². The summed E-state index contributed by atoms with van der Waals surface area (Å²) in [6.07, 6.45) is 4.97. The van der Waals surface area contributed by atoms with E-state index in [1.165, 1.54) is 0 Å².